The van der Waals surface area contributed by atoms with E-state index in [0.29, 0.717) is 6.04 Å². The number of aryl methyl sites for hydroxylation is 1. The van der Waals surface area contributed by atoms with Gasteiger partial charge in [-0.15, -0.1) is 0 Å². The summed E-state index contributed by atoms with van der Waals surface area (Å²) in [5.74, 6) is 1.05. The second-order valence-electron chi connectivity index (χ2n) is 3.72. The maximum atomic E-state index is 4.31. The molecule has 0 radical (unpaired) electrons. The fourth-order valence-electron chi connectivity index (χ4n) is 1.61. The van der Waals surface area contributed by atoms with E-state index in [0.717, 1.165) is 18.9 Å². The van der Waals surface area contributed by atoms with Crippen LogP contribution in [0.5, 0.6) is 0 Å². The van der Waals surface area contributed by atoms with Gasteiger partial charge >= 0.3 is 0 Å². The van der Waals surface area contributed by atoms with Crippen LogP contribution in [0, 0.1) is 0 Å². The monoisotopic (exact) mass is 179 g/mol. The maximum Gasteiger partial charge on any atom is 0.202 e. The molecule has 0 saturated heterocycles. The highest BCUT2D eigenvalue weighted by molar-refractivity contribution is 5.28. The van der Waals surface area contributed by atoms with Crippen LogP contribution in [0.3, 0.4) is 0 Å². The van der Waals surface area contributed by atoms with Gasteiger partial charge < -0.3 is 9.88 Å². The summed E-state index contributed by atoms with van der Waals surface area (Å²) >= 11 is 0. The summed E-state index contributed by atoms with van der Waals surface area (Å²) in [6, 6.07) is 0.679. The zero-order valence-electron chi connectivity index (χ0n) is 8.16. The van der Waals surface area contributed by atoms with Gasteiger partial charge in [-0.25, -0.2) is 4.98 Å². The van der Waals surface area contributed by atoms with Crippen LogP contribution in [0.4, 0.5) is 5.95 Å². The standard InChI is InChI=1S/C10H17N3/c1-2-7-13-8-6-11-10(13)12-9-4-3-5-9/h6,8-9H,2-5,7H2,1H3,(H,11,12). The molecule has 1 fully saturated rings. The molecule has 1 N–H and O–H groups in total. The van der Waals surface area contributed by atoms with Crippen molar-refractivity contribution < 1.29 is 0 Å². The van der Waals surface area contributed by atoms with Crippen LogP contribution in [0.15, 0.2) is 12.4 Å². The predicted octanol–water partition coefficient (Wildman–Crippen LogP) is 2.26. The zero-order valence-corrected chi connectivity index (χ0v) is 8.16. The van der Waals surface area contributed by atoms with Crippen LogP contribution in [0.25, 0.3) is 0 Å². The maximum absolute atomic E-state index is 4.31. The van der Waals surface area contributed by atoms with Gasteiger partial charge in [0.2, 0.25) is 5.95 Å². The minimum absolute atomic E-state index is 0.679. The van der Waals surface area contributed by atoms with E-state index in [-0.39, 0.29) is 0 Å². The Bertz CT molecular complexity index is 263. The second-order valence-corrected chi connectivity index (χ2v) is 3.72. The minimum Gasteiger partial charge on any atom is -0.353 e. The molecule has 2 rings (SSSR count). The number of hydrogen-bond donors (Lipinski definition) is 1. The molecule has 1 aliphatic rings. The Morgan fingerprint density at radius 1 is 1.62 bits per heavy atom. The van der Waals surface area contributed by atoms with Crippen molar-refractivity contribution in [2.24, 2.45) is 0 Å². The molecule has 0 aliphatic heterocycles. The Hall–Kier alpha value is -0.990. The number of rotatable bonds is 4. The molecule has 1 aromatic heterocycles. The molecule has 1 aromatic rings. The third-order valence-corrected chi connectivity index (χ3v) is 2.62. The Labute approximate surface area is 79.2 Å². The summed E-state index contributed by atoms with van der Waals surface area (Å²) in [6.07, 6.45) is 9.06. The van der Waals surface area contributed by atoms with Crippen LogP contribution >= 0.6 is 0 Å². The molecule has 0 atom stereocenters. The molecule has 1 aliphatic carbocycles. The average Bonchev–Trinajstić information content (AvgIpc) is 2.46. The normalized spacial score (nSPS) is 17.0. The van der Waals surface area contributed by atoms with E-state index in [1.807, 2.05) is 12.4 Å². The molecule has 0 spiro atoms. The number of aromatic nitrogens is 2. The Morgan fingerprint density at radius 3 is 3.08 bits per heavy atom. The van der Waals surface area contributed by atoms with Gasteiger partial charge in [0.25, 0.3) is 0 Å². The van der Waals surface area contributed by atoms with E-state index in [4.69, 9.17) is 0 Å². The van der Waals surface area contributed by atoms with Crippen molar-refractivity contribution in [1.82, 2.24) is 9.55 Å². The van der Waals surface area contributed by atoms with Crippen LogP contribution in [0.1, 0.15) is 32.6 Å². The van der Waals surface area contributed by atoms with Crippen molar-refractivity contribution in [3.8, 4) is 0 Å². The van der Waals surface area contributed by atoms with Crippen molar-refractivity contribution in [2.45, 2.75) is 45.2 Å². The van der Waals surface area contributed by atoms with Crippen molar-refractivity contribution in [3.63, 3.8) is 0 Å². The molecule has 3 heteroatoms. The van der Waals surface area contributed by atoms with Crippen LogP contribution in [0.2, 0.25) is 0 Å². The summed E-state index contributed by atoms with van der Waals surface area (Å²) in [6.45, 7) is 3.25. The largest absolute Gasteiger partial charge is 0.353 e. The van der Waals surface area contributed by atoms with E-state index in [1.165, 1.54) is 19.3 Å². The number of imidazole rings is 1. The van der Waals surface area contributed by atoms with E-state index in [1.54, 1.807) is 0 Å². The molecule has 0 amide bonds. The number of nitrogens with zero attached hydrogens (tertiary/aromatic N) is 2. The molecule has 1 saturated carbocycles. The van der Waals surface area contributed by atoms with Gasteiger partial charge in [-0.3, -0.25) is 0 Å². The molecule has 0 aromatic carbocycles. The molecule has 72 valence electrons. The van der Waals surface area contributed by atoms with E-state index in [9.17, 15) is 0 Å². The highest BCUT2D eigenvalue weighted by Gasteiger charge is 2.18. The van der Waals surface area contributed by atoms with Crippen molar-refractivity contribution >= 4 is 5.95 Å². The lowest BCUT2D eigenvalue weighted by molar-refractivity contribution is 0.440. The van der Waals surface area contributed by atoms with Gasteiger partial charge in [0.1, 0.15) is 0 Å². The van der Waals surface area contributed by atoms with Crippen LogP contribution in [-0.2, 0) is 6.54 Å². The Balaban J connectivity index is 1.96. The van der Waals surface area contributed by atoms with Crippen LogP contribution in [-0.4, -0.2) is 15.6 Å². The molecule has 1 heterocycles. The number of nitrogens with one attached hydrogen (secondary N) is 1. The van der Waals surface area contributed by atoms with Crippen molar-refractivity contribution in [2.75, 3.05) is 5.32 Å². The Kier molecular flexibility index (Phi) is 2.52. The third-order valence-electron chi connectivity index (χ3n) is 2.62. The smallest absolute Gasteiger partial charge is 0.202 e. The molecular weight excluding hydrogens is 162 g/mol. The minimum atomic E-state index is 0.679. The number of hydrogen-bond acceptors (Lipinski definition) is 2. The summed E-state index contributed by atoms with van der Waals surface area (Å²) in [5, 5.41) is 3.46. The second kappa shape index (κ2) is 3.81. The third kappa shape index (κ3) is 1.85. The fourth-order valence-corrected chi connectivity index (χ4v) is 1.61. The van der Waals surface area contributed by atoms with Gasteiger partial charge in [0.05, 0.1) is 0 Å². The molecule has 13 heavy (non-hydrogen) atoms. The van der Waals surface area contributed by atoms with E-state index >= 15 is 0 Å². The predicted molar refractivity (Wildman–Crippen MR) is 53.8 cm³/mol. The SMILES string of the molecule is CCCn1ccnc1NC1CCC1. The zero-order chi connectivity index (χ0) is 9.10. The fraction of sp³-hybridized carbons (Fsp3) is 0.700. The highest BCUT2D eigenvalue weighted by atomic mass is 15.2. The molecule has 0 bridgehead atoms. The summed E-state index contributed by atoms with van der Waals surface area (Å²) in [4.78, 5) is 4.31. The van der Waals surface area contributed by atoms with Gasteiger partial charge in [0.15, 0.2) is 0 Å². The first kappa shape index (κ1) is 8.60. The average molecular weight is 179 g/mol. The lowest BCUT2D eigenvalue weighted by Crippen LogP contribution is -2.28. The van der Waals surface area contributed by atoms with E-state index in [2.05, 4.69) is 21.8 Å². The molecule has 0 unspecified atom stereocenters. The van der Waals surface area contributed by atoms with Gasteiger partial charge in [0, 0.05) is 25.0 Å². The topological polar surface area (TPSA) is 29.9 Å². The first-order valence-corrected chi connectivity index (χ1v) is 5.18. The molecular formula is C10H17N3. The number of anilines is 1. The van der Waals surface area contributed by atoms with Crippen molar-refractivity contribution in [3.05, 3.63) is 12.4 Å². The Morgan fingerprint density at radius 2 is 2.46 bits per heavy atom. The van der Waals surface area contributed by atoms with Crippen LogP contribution < -0.4 is 5.32 Å². The lowest BCUT2D eigenvalue weighted by atomic mass is 9.93. The lowest BCUT2D eigenvalue weighted by Gasteiger charge is -2.27. The summed E-state index contributed by atoms with van der Waals surface area (Å²) in [7, 11) is 0. The van der Waals surface area contributed by atoms with Gasteiger partial charge in [-0.2, -0.15) is 0 Å². The van der Waals surface area contributed by atoms with Gasteiger partial charge in [-0.05, 0) is 25.7 Å². The highest BCUT2D eigenvalue weighted by Crippen LogP contribution is 2.22. The summed E-state index contributed by atoms with van der Waals surface area (Å²) in [5.41, 5.74) is 0. The molecule has 3 nitrogen and oxygen atoms in total. The van der Waals surface area contributed by atoms with Gasteiger partial charge in [-0.1, -0.05) is 6.92 Å². The first-order chi connectivity index (χ1) is 6.40. The van der Waals surface area contributed by atoms with Crippen molar-refractivity contribution in [1.29, 1.82) is 0 Å². The first-order valence-electron chi connectivity index (χ1n) is 5.18. The summed E-state index contributed by atoms with van der Waals surface area (Å²) < 4.78 is 2.19. The quantitative estimate of drug-likeness (QED) is 0.768. The van der Waals surface area contributed by atoms with E-state index < -0.39 is 0 Å².